The monoisotopic (exact) mass is 415 g/mol. The van der Waals surface area contributed by atoms with Gasteiger partial charge in [0, 0.05) is 25.8 Å². The molecule has 2 aromatic carbocycles. The summed E-state index contributed by atoms with van der Waals surface area (Å²) in [6, 6.07) is 14.3. The minimum atomic E-state index is -0.350. The smallest absolute Gasteiger partial charge is 0.310 e. The Hall–Kier alpha value is -3.61. The molecular weight excluding hydrogens is 390 g/mol. The van der Waals surface area contributed by atoms with Crippen LogP contribution in [0.25, 0.3) is 11.2 Å². The van der Waals surface area contributed by atoms with E-state index < -0.39 is 0 Å². The maximum absolute atomic E-state index is 13.5. The summed E-state index contributed by atoms with van der Waals surface area (Å²) >= 11 is 0. The van der Waals surface area contributed by atoms with Gasteiger partial charge in [0.15, 0.2) is 11.2 Å². The standard InChI is InChI=1S/C24H25N5O2/c1-15-6-9-19(10-7-15)27-11-12-28-20-21(25-23(27)28)26(4)24(31)29(22(20)30)14-18-13-16(2)5-8-17(18)3/h5-10,13H,11-12,14H2,1-4H3. The maximum Gasteiger partial charge on any atom is 0.332 e. The zero-order chi connectivity index (χ0) is 21.9. The van der Waals surface area contributed by atoms with Gasteiger partial charge in [-0.3, -0.25) is 13.9 Å². The summed E-state index contributed by atoms with van der Waals surface area (Å²) in [7, 11) is 1.68. The quantitative estimate of drug-likeness (QED) is 0.516. The summed E-state index contributed by atoms with van der Waals surface area (Å²) in [5.41, 5.74) is 5.63. The Morgan fingerprint density at radius 1 is 0.935 bits per heavy atom. The first-order chi connectivity index (χ1) is 14.8. The molecule has 0 radical (unpaired) electrons. The van der Waals surface area contributed by atoms with Crippen molar-refractivity contribution in [1.29, 1.82) is 0 Å². The lowest BCUT2D eigenvalue weighted by atomic mass is 10.1. The topological polar surface area (TPSA) is 65.1 Å². The van der Waals surface area contributed by atoms with Crippen LogP contribution in [-0.2, 0) is 20.1 Å². The van der Waals surface area contributed by atoms with E-state index in [0.29, 0.717) is 23.7 Å². The molecule has 7 nitrogen and oxygen atoms in total. The van der Waals surface area contributed by atoms with Gasteiger partial charge in [-0.15, -0.1) is 0 Å². The second-order valence-corrected chi connectivity index (χ2v) is 8.39. The number of anilines is 2. The lowest BCUT2D eigenvalue weighted by Crippen LogP contribution is -2.40. The maximum atomic E-state index is 13.5. The molecule has 1 aliphatic rings. The number of benzene rings is 2. The Balaban J connectivity index is 1.68. The Morgan fingerprint density at radius 2 is 1.65 bits per heavy atom. The highest BCUT2D eigenvalue weighted by atomic mass is 16.2. The number of nitrogens with zero attached hydrogens (tertiary/aromatic N) is 5. The second kappa shape index (κ2) is 6.97. The van der Waals surface area contributed by atoms with Crippen molar-refractivity contribution in [3.63, 3.8) is 0 Å². The van der Waals surface area contributed by atoms with Crippen LogP contribution in [0.3, 0.4) is 0 Å². The van der Waals surface area contributed by atoms with Crippen molar-refractivity contribution in [1.82, 2.24) is 18.7 Å². The van der Waals surface area contributed by atoms with E-state index in [0.717, 1.165) is 28.9 Å². The molecule has 7 heteroatoms. The third-order valence-corrected chi connectivity index (χ3v) is 6.18. The van der Waals surface area contributed by atoms with Crippen molar-refractivity contribution in [3.05, 3.63) is 85.6 Å². The summed E-state index contributed by atoms with van der Waals surface area (Å²) < 4.78 is 4.75. The molecular formula is C24H25N5O2. The molecule has 2 aromatic heterocycles. The van der Waals surface area contributed by atoms with Crippen LogP contribution in [0.4, 0.5) is 11.6 Å². The van der Waals surface area contributed by atoms with Gasteiger partial charge in [-0.2, -0.15) is 4.98 Å². The van der Waals surface area contributed by atoms with Gasteiger partial charge in [0.2, 0.25) is 5.95 Å². The number of aromatic nitrogens is 4. The largest absolute Gasteiger partial charge is 0.332 e. The van der Waals surface area contributed by atoms with Crippen LogP contribution in [0.5, 0.6) is 0 Å². The van der Waals surface area contributed by atoms with E-state index in [1.165, 1.54) is 14.7 Å². The fraction of sp³-hybridized carbons (Fsp3) is 0.292. The molecule has 0 fully saturated rings. The molecule has 3 heterocycles. The molecule has 0 aliphatic carbocycles. The SMILES string of the molecule is Cc1ccc(N2CCn3c2nc2c3c(=O)n(Cc3cc(C)ccc3C)c(=O)n2C)cc1. The third-order valence-electron chi connectivity index (χ3n) is 6.18. The van der Waals surface area contributed by atoms with Gasteiger partial charge in [0.25, 0.3) is 5.56 Å². The number of aryl methyl sites for hydroxylation is 4. The van der Waals surface area contributed by atoms with E-state index in [2.05, 4.69) is 36.1 Å². The molecule has 0 unspecified atom stereocenters. The van der Waals surface area contributed by atoms with Crippen molar-refractivity contribution in [2.24, 2.45) is 7.05 Å². The molecule has 0 bridgehead atoms. The molecule has 31 heavy (non-hydrogen) atoms. The average Bonchev–Trinajstić information content (AvgIpc) is 3.32. The van der Waals surface area contributed by atoms with Crippen molar-refractivity contribution in [2.75, 3.05) is 11.4 Å². The van der Waals surface area contributed by atoms with E-state index in [9.17, 15) is 9.59 Å². The van der Waals surface area contributed by atoms with E-state index in [1.54, 1.807) is 7.05 Å². The first kappa shape index (κ1) is 19.4. The number of hydrogen-bond acceptors (Lipinski definition) is 4. The highest BCUT2D eigenvalue weighted by Crippen LogP contribution is 2.31. The molecule has 0 saturated carbocycles. The fourth-order valence-electron chi connectivity index (χ4n) is 4.33. The molecule has 0 spiro atoms. The van der Waals surface area contributed by atoms with Gasteiger partial charge in [-0.1, -0.05) is 41.5 Å². The van der Waals surface area contributed by atoms with Crippen LogP contribution < -0.4 is 16.1 Å². The number of hydrogen-bond donors (Lipinski definition) is 0. The molecule has 5 rings (SSSR count). The number of fused-ring (bicyclic) bond motifs is 3. The Bertz CT molecular complexity index is 1440. The molecule has 4 aromatic rings. The van der Waals surface area contributed by atoms with Gasteiger partial charge in [-0.25, -0.2) is 4.79 Å². The van der Waals surface area contributed by atoms with Crippen molar-refractivity contribution in [2.45, 2.75) is 33.9 Å². The lowest BCUT2D eigenvalue weighted by Gasteiger charge is -2.16. The Morgan fingerprint density at radius 3 is 2.39 bits per heavy atom. The summed E-state index contributed by atoms with van der Waals surface area (Å²) in [6.45, 7) is 7.70. The Kier molecular flexibility index (Phi) is 4.36. The predicted octanol–water partition coefficient (Wildman–Crippen LogP) is 3.02. The van der Waals surface area contributed by atoms with Crippen LogP contribution in [-0.4, -0.2) is 25.2 Å². The molecule has 0 amide bonds. The van der Waals surface area contributed by atoms with Crippen molar-refractivity contribution < 1.29 is 0 Å². The number of rotatable bonds is 3. The van der Waals surface area contributed by atoms with Gasteiger partial charge in [-0.05, 0) is 44.0 Å². The van der Waals surface area contributed by atoms with Gasteiger partial charge >= 0.3 is 5.69 Å². The summed E-state index contributed by atoms with van der Waals surface area (Å²) in [5.74, 6) is 0.704. The number of imidazole rings is 1. The van der Waals surface area contributed by atoms with Crippen molar-refractivity contribution >= 4 is 22.8 Å². The molecule has 0 atom stereocenters. The van der Waals surface area contributed by atoms with Crippen LogP contribution in [0.2, 0.25) is 0 Å². The zero-order valence-corrected chi connectivity index (χ0v) is 18.2. The van der Waals surface area contributed by atoms with Gasteiger partial charge < -0.3 is 9.47 Å². The molecule has 0 N–H and O–H groups in total. The average molecular weight is 415 g/mol. The highest BCUT2D eigenvalue weighted by molar-refractivity contribution is 5.77. The first-order valence-electron chi connectivity index (χ1n) is 10.5. The minimum Gasteiger partial charge on any atom is -0.310 e. The minimum absolute atomic E-state index is 0.247. The van der Waals surface area contributed by atoms with Crippen LogP contribution in [0, 0.1) is 20.8 Å². The van der Waals surface area contributed by atoms with Gasteiger partial charge in [0.05, 0.1) is 6.54 Å². The van der Waals surface area contributed by atoms with E-state index in [-0.39, 0.29) is 17.8 Å². The van der Waals surface area contributed by atoms with Crippen LogP contribution in [0.1, 0.15) is 22.3 Å². The van der Waals surface area contributed by atoms with Crippen molar-refractivity contribution in [3.8, 4) is 0 Å². The second-order valence-electron chi connectivity index (χ2n) is 8.39. The summed E-state index contributed by atoms with van der Waals surface area (Å²) in [5, 5.41) is 0. The van der Waals surface area contributed by atoms with E-state index >= 15 is 0 Å². The van der Waals surface area contributed by atoms with Crippen LogP contribution in [0.15, 0.2) is 52.1 Å². The zero-order valence-electron chi connectivity index (χ0n) is 18.2. The van der Waals surface area contributed by atoms with Crippen LogP contribution >= 0.6 is 0 Å². The third kappa shape index (κ3) is 3.00. The van der Waals surface area contributed by atoms with Gasteiger partial charge in [0.1, 0.15) is 0 Å². The highest BCUT2D eigenvalue weighted by Gasteiger charge is 2.28. The summed E-state index contributed by atoms with van der Waals surface area (Å²) in [6.07, 6.45) is 0. The van der Waals surface area contributed by atoms with E-state index in [1.807, 2.05) is 36.6 Å². The Labute approximate surface area is 179 Å². The first-order valence-corrected chi connectivity index (χ1v) is 10.5. The lowest BCUT2D eigenvalue weighted by molar-refractivity contribution is 0.650. The fourth-order valence-corrected chi connectivity index (χ4v) is 4.33. The summed E-state index contributed by atoms with van der Waals surface area (Å²) in [4.78, 5) is 33.4. The normalized spacial score (nSPS) is 13.2. The molecule has 158 valence electrons. The molecule has 1 aliphatic heterocycles. The van der Waals surface area contributed by atoms with E-state index in [4.69, 9.17) is 4.98 Å². The predicted molar refractivity (Wildman–Crippen MR) is 122 cm³/mol. The molecule has 0 saturated heterocycles.